The summed E-state index contributed by atoms with van der Waals surface area (Å²) in [5.41, 5.74) is 5.84. The van der Waals surface area contributed by atoms with Crippen molar-refractivity contribution in [1.29, 1.82) is 0 Å². The van der Waals surface area contributed by atoms with Crippen molar-refractivity contribution < 1.29 is 4.79 Å². The van der Waals surface area contributed by atoms with Crippen LogP contribution in [-0.2, 0) is 25.8 Å². The molecular weight excluding hydrogens is 314 g/mol. The lowest BCUT2D eigenvalue weighted by molar-refractivity contribution is 0.0726. The summed E-state index contributed by atoms with van der Waals surface area (Å²) in [5, 5.41) is 8.43. The first-order valence-corrected chi connectivity index (χ1v) is 8.88. The molecule has 25 heavy (non-hydrogen) atoms. The van der Waals surface area contributed by atoms with Crippen LogP contribution >= 0.6 is 0 Å². The summed E-state index contributed by atoms with van der Waals surface area (Å²) in [7, 11) is 0. The number of aryl methyl sites for hydroxylation is 1. The van der Waals surface area contributed by atoms with E-state index in [1.807, 2.05) is 17.0 Å². The van der Waals surface area contributed by atoms with Crippen LogP contribution in [0.2, 0.25) is 0 Å². The Balaban J connectivity index is 1.46. The Morgan fingerprint density at radius 1 is 1.20 bits per heavy atom. The number of carbonyl (C=O) groups is 1. The van der Waals surface area contributed by atoms with Crippen molar-refractivity contribution >= 4 is 16.9 Å². The number of amides is 1. The second-order valence-electron chi connectivity index (χ2n) is 6.86. The van der Waals surface area contributed by atoms with Crippen LogP contribution in [0.1, 0.15) is 45.8 Å². The maximum Gasteiger partial charge on any atom is 0.274 e. The Morgan fingerprint density at radius 3 is 3.08 bits per heavy atom. The molecule has 0 atom stereocenters. The second kappa shape index (κ2) is 5.65. The fourth-order valence-corrected chi connectivity index (χ4v) is 3.95. The van der Waals surface area contributed by atoms with Crippen LogP contribution in [0, 0.1) is 0 Å². The van der Waals surface area contributed by atoms with E-state index in [1.165, 1.54) is 6.42 Å². The number of fused-ring (bicyclic) bond motifs is 3. The van der Waals surface area contributed by atoms with E-state index in [4.69, 9.17) is 0 Å². The summed E-state index contributed by atoms with van der Waals surface area (Å²) in [5.74, 6) is 0.0383. The van der Waals surface area contributed by atoms with Crippen LogP contribution in [0.15, 0.2) is 24.4 Å². The van der Waals surface area contributed by atoms with Crippen molar-refractivity contribution in [3.05, 3.63) is 52.6 Å². The Bertz CT molecular complexity index is 977. The zero-order chi connectivity index (χ0) is 16.8. The van der Waals surface area contributed by atoms with Crippen molar-refractivity contribution in [2.45, 2.75) is 38.6 Å². The van der Waals surface area contributed by atoms with Crippen LogP contribution < -0.4 is 0 Å². The van der Waals surface area contributed by atoms with Gasteiger partial charge in [0.1, 0.15) is 0 Å². The molecule has 0 bridgehead atoms. The van der Waals surface area contributed by atoms with E-state index in [0.29, 0.717) is 18.8 Å². The van der Waals surface area contributed by atoms with Crippen LogP contribution in [0.3, 0.4) is 0 Å². The molecule has 3 aromatic rings. The first-order valence-electron chi connectivity index (χ1n) is 8.88. The number of aromatic amines is 1. The Morgan fingerprint density at radius 2 is 2.12 bits per heavy atom. The lowest BCUT2D eigenvalue weighted by atomic mass is 9.95. The molecule has 4 heterocycles. The first-order chi connectivity index (χ1) is 12.3. The number of nitrogens with zero attached hydrogens (tertiary/aromatic N) is 4. The molecule has 0 fully saturated rings. The van der Waals surface area contributed by atoms with Gasteiger partial charge in [-0.25, -0.2) is 9.97 Å². The molecule has 0 unspecified atom stereocenters. The van der Waals surface area contributed by atoms with E-state index in [1.54, 1.807) is 6.20 Å². The molecule has 0 saturated heterocycles. The highest BCUT2D eigenvalue weighted by Gasteiger charge is 2.28. The number of nitrogens with one attached hydrogen (secondary N) is 1. The molecule has 6 heteroatoms. The molecule has 3 aromatic heterocycles. The maximum atomic E-state index is 13.0. The van der Waals surface area contributed by atoms with Gasteiger partial charge in [-0.15, -0.1) is 0 Å². The molecule has 0 radical (unpaired) electrons. The molecule has 1 N–H and O–H groups in total. The van der Waals surface area contributed by atoms with Crippen molar-refractivity contribution in [1.82, 2.24) is 25.1 Å². The summed E-state index contributed by atoms with van der Waals surface area (Å²) >= 11 is 0. The third kappa shape index (κ3) is 2.40. The summed E-state index contributed by atoms with van der Waals surface area (Å²) < 4.78 is 0. The minimum atomic E-state index is 0.0383. The Labute approximate surface area is 145 Å². The molecule has 5 rings (SSSR count). The van der Waals surface area contributed by atoms with Crippen LogP contribution in [0.5, 0.6) is 0 Å². The third-order valence-corrected chi connectivity index (χ3v) is 5.28. The highest BCUT2D eigenvalue weighted by atomic mass is 16.2. The topological polar surface area (TPSA) is 74.8 Å². The second-order valence-corrected chi connectivity index (χ2v) is 6.86. The number of pyridine rings is 2. The van der Waals surface area contributed by atoms with Gasteiger partial charge in [0, 0.05) is 48.0 Å². The molecule has 1 amide bonds. The Kier molecular flexibility index (Phi) is 3.29. The average Bonchev–Trinajstić information content (AvgIpc) is 3.09. The van der Waals surface area contributed by atoms with Gasteiger partial charge in [-0.05, 0) is 49.4 Å². The van der Waals surface area contributed by atoms with Gasteiger partial charge in [-0.3, -0.25) is 9.89 Å². The molecule has 2 aliphatic rings. The van der Waals surface area contributed by atoms with Gasteiger partial charge in [-0.1, -0.05) is 0 Å². The van der Waals surface area contributed by atoms with Gasteiger partial charge in [0.2, 0.25) is 0 Å². The highest BCUT2D eigenvalue weighted by Crippen LogP contribution is 2.26. The van der Waals surface area contributed by atoms with E-state index < -0.39 is 0 Å². The number of H-pyrrole nitrogens is 1. The van der Waals surface area contributed by atoms with Crippen LogP contribution in [0.25, 0.3) is 11.0 Å². The molecule has 0 aromatic carbocycles. The van der Waals surface area contributed by atoms with Gasteiger partial charge >= 0.3 is 0 Å². The highest BCUT2D eigenvalue weighted by molar-refractivity contribution is 5.94. The van der Waals surface area contributed by atoms with Gasteiger partial charge < -0.3 is 4.90 Å². The predicted octanol–water partition coefficient (Wildman–Crippen LogP) is 2.43. The zero-order valence-corrected chi connectivity index (χ0v) is 14.0. The molecule has 1 aliphatic heterocycles. The predicted molar refractivity (Wildman–Crippen MR) is 93.2 cm³/mol. The van der Waals surface area contributed by atoms with Gasteiger partial charge in [0.05, 0.1) is 0 Å². The van der Waals surface area contributed by atoms with E-state index in [9.17, 15) is 4.79 Å². The summed E-state index contributed by atoms with van der Waals surface area (Å²) in [6.07, 6.45) is 6.79. The number of carbonyl (C=O) groups excluding carboxylic acids is 1. The van der Waals surface area contributed by atoms with Gasteiger partial charge in [-0.2, -0.15) is 5.10 Å². The van der Waals surface area contributed by atoms with Gasteiger partial charge in [0.25, 0.3) is 5.91 Å². The molecule has 126 valence electrons. The number of hydrogen-bond acceptors (Lipinski definition) is 4. The normalized spacial score (nSPS) is 16.6. The molecule has 6 nitrogen and oxygen atoms in total. The maximum absolute atomic E-state index is 13.0. The zero-order valence-electron chi connectivity index (χ0n) is 14.0. The monoisotopic (exact) mass is 333 g/mol. The number of rotatable bonds is 1. The van der Waals surface area contributed by atoms with Crippen LogP contribution in [-0.4, -0.2) is 37.5 Å². The lowest BCUT2D eigenvalue weighted by Crippen LogP contribution is -2.37. The molecule has 0 saturated carbocycles. The molecule has 1 aliphatic carbocycles. The van der Waals surface area contributed by atoms with E-state index in [2.05, 4.69) is 26.2 Å². The SMILES string of the molecule is O=C(c1n[nH]c2c1CCCC2)N1CCc2nc3ncccc3cc2C1. The smallest absolute Gasteiger partial charge is 0.274 e. The number of hydrogen-bond donors (Lipinski definition) is 1. The number of aromatic nitrogens is 4. The minimum absolute atomic E-state index is 0.0383. The summed E-state index contributed by atoms with van der Waals surface area (Å²) in [4.78, 5) is 23.9. The van der Waals surface area contributed by atoms with E-state index in [0.717, 1.165) is 59.2 Å². The van der Waals surface area contributed by atoms with E-state index in [-0.39, 0.29) is 5.91 Å². The van der Waals surface area contributed by atoms with E-state index >= 15 is 0 Å². The lowest BCUT2D eigenvalue weighted by Gasteiger charge is -2.28. The van der Waals surface area contributed by atoms with Crippen molar-refractivity contribution in [2.24, 2.45) is 0 Å². The third-order valence-electron chi connectivity index (χ3n) is 5.28. The Hall–Kier alpha value is -2.76. The minimum Gasteiger partial charge on any atom is -0.332 e. The van der Waals surface area contributed by atoms with Gasteiger partial charge in [0.15, 0.2) is 11.3 Å². The summed E-state index contributed by atoms with van der Waals surface area (Å²) in [6.45, 7) is 1.27. The largest absolute Gasteiger partial charge is 0.332 e. The average molecular weight is 333 g/mol. The quantitative estimate of drug-likeness (QED) is 0.742. The molecule has 0 spiro atoms. The van der Waals surface area contributed by atoms with Crippen molar-refractivity contribution in [2.75, 3.05) is 6.54 Å². The first kappa shape index (κ1) is 14.6. The van der Waals surface area contributed by atoms with Crippen molar-refractivity contribution in [3.8, 4) is 0 Å². The molecular formula is C19H19N5O. The fourth-order valence-electron chi connectivity index (χ4n) is 3.95. The van der Waals surface area contributed by atoms with Crippen molar-refractivity contribution in [3.63, 3.8) is 0 Å². The standard InChI is InChI=1S/C19H19N5O/c25-19(17-14-5-1-2-6-16(14)22-23-17)24-9-7-15-13(11-24)10-12-4-3-8-20-18(12)21-15/h3-4,8,10H,1-2,5-7,9,11H2,(H,22,23). The van der Waals surface area contributed by atoms with Crippen LogP contribution in [0.4, 0.5) is 0 Å². The summed E-state index contributed by atoms with van der Waals surface area (Å²) in [6, 6.07) is 6.04. The fraction of sp³-hybridized carbons (Fsp3) is 0.368.